The molecule has 3 rings (SSSR count). The van der Waals surface area contributed by atoms with E-state index >= 15 is 0 Å². The number of carbonyl (C=O) groups excluding carboxylic acids is 1. The van der Waals surface area contributed by atoms with Crippen molar-refractivity contribution < 1.29 is 4.79 Å². The van der Waals surface area contributed by atoms with Gasteiger partial charge in [0.2, 0.25) is 0 Å². The summed E-state index contributed by atoms with van der Waals surface area (Å²) in [7, 11) is 0. The van der Waals surface area contributed by atoms with Crippen molar-refractivity contribution >= 4 is 44.2 Å². The highest BCUT2D eigenvalue weighted by molar-refractivity contribution is 7.21. The molecular weight excluding hydrogens is 360 g/mol. The van der Waals surface area contributed by atoms with Gasteiger partial charge in [-0.15, -0.1) is 0 Å². The number of aromatic nitrogens is 3. The number of hydrogen-bond donors (Lipinski definition) is 2. The van der Waals surface area contributed by atoms with Crippen molar-refractivity contribution in [3.63, 3.8) is 0 Å². The van der Waals surface area contributed by atoms with E-state index in [1.807, 2.05) is 43.0 Å². The fraction of sp³-hybridized carbons (Fsp3) is 0.368. The first-order valence-corrected chi connectivity index (χ1v) is 9.90. The van der Waals surface area contributed by atoms with Crippen LogP contribution in [0.4, 0.5) is 16.6 Å². The van der Waals surface area contributed by atoms with Crippen molar-refractivity contribution in [1.82, 2.24) is 19.9 Å². The molecule has 1 aromatic carbocycles. The van der Waals surface area contributed by atoms with Crippen LogP contribution in [-0.4, -0.2) is 38.8 Å². The molecule has 0 saturated heterocycles. The van der Waals surface area contributed by atoms with E-state index in [0.29, 0.717) is 34.4 Å². The lowest BCUT2D eigenvalue weighted by atomic mass is 10.1. The molecule has 7 nitrogen and oxygen atoms in total. The standard InChI is InChI=1S/C19H24N6OS/c1-4-6-11-25(5-2)18(26)13-7-9-14(10-8-13)23-16-15-17(22-12(3)21-16)27-19(20)24-15/h7-10H,4-6,11H2,1-3H3,(H2,20,24)(H,21,22,23). The third kappa shape index (κ3) is 4.33. The van der Waals surface area contributed by atoms with Crippen molar-refractivity contribution in [1.29, 1.82) is 0 Å². The number of carbonyl (C=O) groups is 1. The van der Waals surface area contributed by atoms with Crippen molar-refractivity contribution in [2.24, 2.45) is 0 Å². The lowest BCUT2D eigenvalue weighted by molar-refractivity contribution is 0.0762. The predicted molar refractivity (Wildman–Crippen MR) is 111 cm³/mol. The van der Waals surface area contributed by atoms with Gasteiger partial charge in [0.05, 0.1) is 0 Å². The maximum absolute atomic E-state index is 12.6. The monoisotopic (exact) mass is 384 g/mol. The van der Waals surface area contributed by atoms with Crippen LogP contribution in [0.15, 0.2) is 24.3 Å². The average molecular weight is 385 g/mol. The molecule has 0 atom stereocenters. The van der Waals surface area contributed by atoms with E-state index < -0.39 is 0 Å². The zero-order valence-corrected chi connectivity index (χ0v) is 16.6. The zero-order chi connectivity index (χ0) is 19.4. The summed E-state index contributed by atoms with van der Waals surface area (Å²) in [6.07, 6.45) is 2.08. The molecule has 0 fully saturated rings. The number of nitrogen functional groups attached to an aromatic ring is 1. The molecule has 1 amide bonds. The fourth-order valence-electron chi connectivity index (χ4n) is 2.80. The van der Waals surface area contributed by atoms with Crippen molar-refractivity contribution in [2.75, 3.05) is 24.1 Å². The van der Waals surface area contributed by atoms with Crippen LogP contribution in [0, 0.1) is 6.92 Å². The van der Waals surface area contributed by atoms with Crippen LogP contribution in [0.1, 0.15) is 42.9 Å². The summed E-state index contributed by atoms with van der Waals surface area (Å²) in [4.78, 5) is 28.4. The molecule has 0 spiro atoms. The summed E-state index contributed by atoms with van der Waals surface area (Å²) in [5, 5.41) is 3.72. The lowest BCUT2D eigenvalue weighted by Gasteiger charge is -2.20. The highest BCUT2D eigenvalue weighted by Gasteiger charge is 2.14. The SMILES string of the molecule is CCCCN(CC)C(=O)c1ccc(Nc2nc(C)nc3sc(N)nc23)cc1. The van der Waals surface area contributed by atoms with Gasteiger partial charge in [0.1, 0.15) is 11.3 Å². The summed E-state index contributed by atoms with van der Waals surface area (Å²) in [5.74, 6) is 1.32. The Bertz CT molecular complexity index is 937. The summed E-state index contributed by atoms with van der Waals surface area (Å²) < 4.78 is 0. The third-order valence-corrected chi connectivity index (χ3v) is 5.01. The molecule has 142 valence electrons. The number of benzene rings is 1. The molecule has 8 heteroatoms. The molecule has 27 heavy (non-hydrogen) atoms. The first-order chi connectivity index (χ1) is 13.0. The minimum atomic E-state index is 0.0602. The lowest BCUT2D eigenvalue weighted by Crippen LogP contribution is -2.31. The van der Waals surface area contributed by atoms with Gasteiger partial charge in [-0.3, -0.25) is 4.79 Å². The van der Waals surface area contributed by atoms with Crippen LogP contribution < -0.4 is 11.1 Å². The number of thiazole rings is 1. The maximum Gasteiger partial charge on any atom is 0.253 e. The van der Waals surface area contributed by atoms with Crippen molar-refractivity contribution in [3.05, 3.63) is 35.7 Å². The van der Waals surface area contributed by atoms with Crippen molar-refractivity contribution in [3.8, 4) is 0 Å². The molecule has 0 aliphatic carbocycles. The van der Waals surface area contributed by atoms with E-state index in [2.05, 4.69) is 27.2 Å². The largest absolute Gasteiger partial charge is 0.375 e. The number of rotatable bonds is 7. The third-order valence-electron chi connectivity index (χ3n) is 4.23. The Balaban J connectivity index is 1.79. The molecule has 0 aliphatic heterocycles. The summed E-state index contributed by atoms with van der Waals surface area (Å²) in [6.45, 7) is 7.46. The molecule has 0 bridgehead atoms. The molecule has 2 heterocycles. The number of hydrogen-bond acceptors (Lipinski definition) is 7. The van der Waals surface area contributed by atoms with Gasteiger partial charge in [0.15, 0.2) is 15.8 Å². The van der Waals surface area contributed by atoms with Gasteiger partial charge in [-0.05, 0) is 44.5 Å². The van der Waals surface area contributed by atoms with Crippen LogP contribution in [-0.2, 0) is 0 Å². The highest BCUT2D eigenvalue weighted by atomic mass is 32.1. The Morgan fingerprint density at radius 3 is 2.59 bits per heavy atom. The van der Waals surface area contributed by atoms with E-state index in [0.717, 1.165) is 29.9 Å². The van der Waals surface area contributed by atoms with Gasteiger partial charge in [0, 0.05) is 24.3 Å². The number of nitrogens with one attached hydrogen (secondary N) is 1. The average Bonchev–Trinajstić information content (AvgIpc) is 3.03. The number of nitrogens with zero attached hydrogens (tertiary/aromatic N) is 4. The first-order valence-electron chi connectivity index (χ1n) is 9.08. The van der Waals surface area contributed by atoms with Crippen LogP contribution in [0.25, 0.3) is 10.3 Å². The minimum absolute atomic E-state index is 0.0602. The van der Waals surface area contributed by atoms with E-state index in [-0.39, 0.29) is 5.91 Å². The number of aryl methyl sites for hydroxylation is 1. The summed E-state index contributed by atoms with van der Waals surface area (Å²) >= 11 is 1.33. The molecule has 0 unspecified atom stereocenters. The summed E-state index contributed by atoms with van der Waals surface area (Å²) in [5.41, 5.74) is 7.96. The van der Waals surface area contributed by atoms with Gasteiger partial charge in [-0.2, -0.15) is 0 Å². The van der Waals surface area contributed by atoms with Crippen LogP contribution >= 0.6 is 11.3 Å². The van der Waals surface area contributed by atoms with E-state index in [1.165, 1.54) is 11.3 Å². The second-order valence-electron chi connectivity index (χ2n) is 6.27. The molecule has 3 N–H and O–H groups in total. The van der Waals surface area contributed by atoms with E-state index in [1.54, 1.807) is 0 Å². The van der Waals surface area contributed by atoms with E-state index in [4.69, 9.17) is 5.73 Å². The number of nitrogens with two attached hydrogens (primary N) is 1. The topological polar surface area (TPSA) is 97.0 Å². The van der Waals surface area contributed by atoms with Gasteiger partial charge in [-0.1, -0.05) is 24.7 Å². The smallest absolute Gasteiger partial charge is 0.253 e. The highest BCUT2D eigenvalue weighted by Crippen LogP contribution is 2.28. The summed E-state index contributed by atoms with van der Waals surface area (Å²) in [6, 6.07) is 7.42. The Morgan fingerprint density at radius 1 is 1.19 bits per heavy atom. The number of anilines is 3. The fourth-order valence-corrected chi connectivity index (χ4v) is 3.55. The maximum atomic E-state index is 12.6. The van der Waals surface area contributed by atoms with Gasteiger partial charge < -0.3 is 16.0 Å². The van der Waals surface area contributed by atoms with Crippen molar-refractivity contribution in [2.45, 2.75) is 33.6 Å². The normalized spacial score (nSPS) is 10.9. The Labute approximate surface area is 162 Å². The molecule has 0 radical (unpaired) electrons. The Kier molecular flexibility index (Phi) is 5.85. The predicted octanol–water partition coefficient (Wildman–Crippen LogP) is 3.98. The number of fused-ring (bicyclic) bond motifs is 1. The Hall–Kier alpha value is -2.74. The van der Waals surface area contributed by atoms with E-state index in [9.17, 15) is 4.79 Å². The zero-order valence-electron chi connectivity index (χ0n) is 15.8. The van der Waals surface area contributed by atoms with Gasteiger partial charge in [-0.25, -0.2) is 15.0 Å². The van der Waals surface area contributed by atoms with Gasteiger partial charge in [0.25, 0.3) is 5.91 Å². The van der Waals surface area contributed by atoms with Crippen LogP contribution in [0.2, 0.25) is 0 Å². The Morgan fingerprint density at radius 2 is 1.93 bits per heavy atom. The number of amides is 1. The molecule has 2 aromatic heterocycles. The van der Waals surface area contributed by atoms with Crippen LogP contribution in [0.3, 0.4) is 0 Å². The molecule has 3 aromatic rings. The molecule has 0 aliphatic rings. The minimum Gasteiger partial charge on any atom is -0.375 e. The molecule has 0 saturated carbocycles. The first kappa shape index (κ1) is 19.0. The second-order valence-corrected chi connectivity index (χ2v) is 7.28. The second kappa shape index (κ2) is 8.30. The molecular formula is C19H24N6OS. The van der Waals surface area contributed by atoms with Gasteiger partial charge >= 0.3 is 0 Å². The quantitative estimate of drug-likeness (QED) is 0.639. The van der Waals surface area contributed by atoms with Crippen LogP contribution in [0.5, 0.6) is 0 Å². The number of unbranched alkanes of at least 4 members (excludes halogenated alkanes) is 1.